The Morgan fingerprint density at radius 1 is 1.17 bits per heavy atom. The maximum absolute atomic E-state index is 13.3. The zero-order chi connectivity index (χ0) is 25.7. The number of nitrogens with one attached hydrogen (secondary N) is 1. The minimum atomic E-state index is -0.980. The van der Waals surface area contributed by atoms with E-state index in [1.165, 1.54) is 0 Å². The second-order valence-corrected chi connectivity index (χ2v) is 9.94. The van der Waals surface area contributed by atoms with Crippen LogP contribution in [0.25, 0.3) is 0 Å². The Labute approximate surface area is 220 Å². The molecule has 1 fully saturated rings. The average Bonchev–Trinajstić information content (AvgIpc) is 3.29. The fourth-order valence-electron chi connectivity index (χ4n) is 4.78. The Morgan fingerprint density at radius 3 is 2.64 bits per heavy atom. The van der Waals surface area contributed by atoms with E-state index in [0.717, 1.165) is 37.0 Å². The molecule has 4 rings (SSSR count). The van der Waals surface area contributed by atoms with Crippen LogP contribution in [0.5, 0.6) is 5.75 Å². The van der Waals surface area contributed by atoms with E-state index in [-0.39, 0.29) is 30.5 Å². The van der Waals surface area contributed by atoms with E-state index < -0.39 is 5.97 Å². The molecule has 0 radical (unpaired) electrons. The van der Waals surface area contributed by atoms with E-state index in [1.54, 1.807) is 30.3 Å². The topological polar surface area (TPSA) is 100 Å². The highest BCUT2D eigenvalue weighted by molar-refractivity contribution is 6.40. The van der Waals surface area contributed by atoms with Gasteiger partial charge in [0, 0.05) is 17.5 Å². The van der Waals surface area contributed by atoms with Crippen molar-refractivity contribution in [2.45, 2.75) is 44.2 Å². The van der Waals surface area contributed by atoms with Crippen molar-refractivity contribution in [3.05, 3.63) is 58.1 Å². The first-order valence-corrected chi connectivity index (χ1v) is 12.7. The molecule has 1 amide bonds. The lowest BCUT2D eigenvalue weighted by atomic mass is 9.86. The fraction of sp³-hybridized carbons (Fsp3) is 0.423. The van der Waals surface area contributed by atoms with E-state index >= 15 is 0 Å². The first kappa shape index (κ1) is 26.3. The SMILES string of the molecule is COc1ccc(C2CC(C(=O)NC3CCCC(COCC(=O)O)C3)=NN2c2ccc(Cl)cc2Cl)cc1. The molecule has 1 heterocycles. The van der Waals surface area contributed by atoms with Crippen molar-refractivity contribution < 1.29 is 24.2 Å². The number of aliphatic carboxylic acids is 1. The summed E-state index contributed by atoms with van der Waals surface area (Å²) in [7, 11) is 1.62. The van der Waals surface area contributed by atoms with Crippen LogP contribution in [0.2, 0.25) is 10.0 Å². The second-order valence-electron chi connectivity index (χ2n) is 9.09. The zero-order valence-electron chi connectivity index (χ0n) is 20.0. The van der Waals surface area contributed by atoms with Crippen molar-refractivity contribution >= 4 is 46.5 Å². The van der Waals surface area contributed by atoms with Gasteiger partial charge in [0.2, 0.25) is 0 Å². The van der Waals surface area contributed by atoms with Crippen LogP contribution >= 0.6 is 23.2 Å². The molecule has 192 valence electrons. The van der Waals surface area contributed by atoms with Crippen LogP contribution in [0, 0.1) is 5.92 Å². The molecule has 2 aromatic carbocycles. The van der Waals surface area contributed by atoms with E-state index in [9.17, 15) is 9.59 Å². The molecule has 2 aliphatic rings. The van der Waals surface area contributed by atoms with Crippen LogP contribution in [0.4, 0.5) is 5.69 Å². The van der Waals surface area contributed by atoms with Crippen molar-refractivity contribution in [2.75, 3.05) is 25.3 Å². The van der Waals surface area contributed by atoms with Crippen LogP contribution in [-0.4, -0.2) is 49.1 Å². The van der Waals surface area contributed by atoms with Crippen LogP contribution in [0.1, 0.15) is 43.7 Å². The van der Waals surface area contributed by atoms with Crippen molar-refractivity contribution in [1.82, 2.24) is 5.32 Å². The minimum absolute atomic E-state index is 0.0139. The number of halogens is 2. The summed E-state index contributed by atoms with van der Waals surface area (Å²) in [5.74, 6) is -0.235. The molecule has 0 spiro atoms. The molecule has 0 saturated heterocycles. The van der Waals surface area contributed by atoms with Crippen LogP contribution in [-0.2, 0) is 14.3 Å². The molecule has 3 unspecified atom stereocenters. The summed E-state index contributed by atoms with van der Waals surface area (Å²) >= 11 is 12.6. The summed E-state index contributed by atoms with van der Waals surface area (Å²) in [5, 5.41) is 19.3. The summed E-state index contributed by atoms with van der Waals surface area (Å²) in [6.45, 7) is 0.0716. The number of carbonyl (C=O) groups is 2. The van der Waals surface area contributed by atoms with Gasteiger partial charge in [0.15, 0.2) is 0 Å². The van der Waals surface area contributed by atoms with Gasteiger partial charge in [-0.3, -0.25) is 9.80 Å². The molecule has 0 bridgehead atoms. The number of benzene rings is 2. The van der Waals surface area contributed by atoms with Crippen molar-refractivity contribution in [3.63, 3.8) is 0 Å². The van der Waals surface area contributed by atoms with E-state index in [0.29, 0.717) is 34.5 Å². The zero-order valence-corrected chi connectivity index (χ0v) is 21.5. The maximum atomic E-state index is 13.3. The van der Waals surface area contributed by atoms with Gasteiger partial charge in [-0.1, -0.05) is 41.8 Å². The number of nitrogens with zero attached hydrogens (tertiary/aromatic N) is 2. The summed E-state index contributed by atoms with van der Waals surface area (Å²) in [5.41, 5.74) is 2.06. The summed E-state index contributed by atoms with van der Waals surface area (Å²) in [4.78, 5) is 24.0. The Kier molecular flexibility index (Phi) is 8.72. The quantitative estimate of drug-likeness (QED) is 0.465. The average molecular weight is 534 g/mol. The Morgan fingerprint density at radius 2 is 1.94 bits per heavy atom. The van der Waals surface area contributed by atoms with Gasteiger partial charge in [-0.2, -0.15) is 5.10 Å². The summed E-state index contributed by atoms with van der Waals surface area (Å²) < 4.78 is 10.6. The molecule has 3 atom stereocenters. The Balaban J connectivity index is 1.49. The molecule has 1 saturated carbocycles. The Bertz CT molecular complexity index is 1130. The van der Waals surface area contributed by atoms with Crippen molar-refractivity contribution in [1.29, 1.82) is 0 Å². The number of carboxylic acid groups (broad SMARTS) is 1. The highest BCUT2D eigenvalue weighted by Crippen LogP contribution is 2.40. The van der Waals surface area contributed by atoms with Gasteiger partial charge < -0.3 is 19.9 Å². The number of hydrogen-bond acceptors (Lipinski definition) is 6. The number of carboxylic acids is 1. The number of rotatable bonds is 9. The van der Waals surface area contributed by atoms with Gasteiger partial charge in [0.1, 0.15) is 18.1 Å². The summed E-state index contributed by atoms with van der Waals surface area (Å²) in [6, 6.07) is 12.6. The van der Waals surface area contributed by atoms with Gasteiger partial charge in [-0.15, -0.1) is 0 Å². The van der Waals surface area contributed by atoms with E-state index in [2.05, 4.69) is 5.32 Å². The third-order valence-corrected chi connectivity index (χ3v) is 7.06. The van der Waals surface area contributed by atoms with Crippen molar-refractivity contribution in [2.24, 2.45) is 11.0 Å². The molecule has 0 aromatic heterocycles. The Hall–Kier alpha value is -2.81. The number of hydrogen-bond donors (Lipinski definition) is 2. The first-order chi connectivity index (χ1) is 17.3. The van der Waals surface area contributed by atoms with Gasteiger partial charge in [0.05, 0.1) is 30.5 Å². The minimum Gasteiger partial charge on any atom is -0.497 e. The molecule has 10 heteroatoms. The normalized spacial score (nSPS) is 21.7. The number of hydrazone groups is 1. The highest BCUT2D eigenvalue weighted by atomic mass is 35.5. The lowest BCUT2D eigenvalue weighted by Crippen LogP contribution is -2.42. The fourth-order valence-corrected chi connectivity index (χ4v) is 5.27. The number of anilines is 1. The predicted molar refractivity (Wildman–Crippen MR) is 139 cm³/mol. The molecule has 1 aliphatic heterocycles. The third-order valence-electron chi connectivity index (χ3n) is 6.53. The molecule has 36 heavy (non-hydrogen) atoms. The van der Waals surface area contributed by atoms with Gasteiger partial charge in [-0.05, 0) is 61.1 Å². The second kappa shape index (κ2) is 12.0. The van der Waals surface area contributed by atoms with Gasteiger partial charge in [0.25, 0.3) is 5.91 Å². The predicted octanol–water partition coefficient (Wildman–Crippen LogP) is 5.09. The summed E-state index contributed by atoms with van der Waals surface area (Å²) in [6.07, 6.45) is 3.92. The number of carbonyl (C=O) groups excluding carboxylic acids is 1. The van der Waals surface area contributed by atoms with Crippen LogP contribution in [0.3, 0.4) is 0 Å². The number of methoxy groups -OCH3 is 1. The van der Waals surface area contributed by atoms with Gasteiger partial charge in [-0.25, -0.2) is 4.79 Å². The molecule has 1 aliphatic carbocycles. The van der Waals surface area contributed by atoms with Crippen molar-refractivity contribution in [3.8, 4) is 5.75 Å². The molecule has 8 nitrogen and oxygen atoms in total. The third kappa shape index (κ3) is 6.49. The standard InChI is InChI=1S/C26H29Cl2N3O5/c1-35-20-8-5-17(6-9-20)24-13-22(30-31(24)23-10-7-18(27)12-21(23)28)26(34)29-19-4-2-3-16(11-19)14-36-15-25(32)33/h5-10,12,16,19,24H,2-4,11,13-15H2,1H3,(H,29,34)(H,32,33). The maximum Gasteiger partial charge on any atom is 0.329 e. The molecule has 2 aromatic rings. The molecule has 2 N–H and O–H groups in total. The van der Waals surface area contributed by atoms with E-state index in [4.69, 9.17) is 42.9 Å². The van der Waals surface area contributed by atoms with E-state index in [1.807, 2.05) is 24.3 Å². The number of amides is 1. The van der Waals surface area contributed by atoms with Gasteiger partial charge >= 0.3 is 5.97 Å². The number of ether oxygens (including phenoxy) is 2. The van der Waals surface area contributed by atoms with Crippen LogP contribution in [0.15, 0.2) is 47.6 Å². The molecular formula is C26H29Cl2N3O5. The lowest BCUT2D eigenvalue weighted by molar-refractivity contribution is -0.142. The molecular weight excluding hydrogens is 505 g/mol. The highest BCUT2D eigenvalue weighted by Gasteiger charge is 2.34. The lowest BCUT2D eigenvalue weighted by Gasteiger charge is -2.29. The smallest absolute Gasteiger partial charge is 0.329 e. The first-order valence-electron chi connectivity index (χ1n) is 11.9. The largest absolute Gasteiger partial charge is 0.497 e. The van der Waals surface area contributed by atoms with Crippen LogP contribution < -0.4 is 15.1 Å². The monoisotopic (exact) mass is 533 g/mol.